The molecule has 2 aliphatic rings. The molecule has 0 bridgehead atoms. The minimum atomic E-state index is -4.79. The summed E-state index contributed by atoms with van der Waals surface area (Å²) in [5.74, 6) is -0.409. The smallest absolute Gasteiger partial charge is 0.372 e. The lowest BCUT2D eigenvalue weighted by atomic mass is 9.89. The number of alkyl halides is 3. The summed E-state index contributed by atoms with van der Waals surface area (Å²) in [5, 5.41) is 14.8. The third kappa shape index (κ3) is 3.94. The fraction of sp³-hybridized carbons (Fsp3) is 0.300. The zero-order valence-corrected chi connectivity index (χ0v) is 17.7. The summed E-state index contributed by atoms with van der Waals surface area (Å²) in [5.41, 5.74) is -1.37. The van der Waals surface area contributed by atoms with Gasteiger partial charge in [-0.25, -0.2) is 0 Å². The highest BCUT2D eigenvalue weighted by molar-refractivity contribution is 6.34. The van der Waals surface area contributed by atoms with E-state index in [9.17, 15) is 18.0 Å². The number of carbonyl (C=O) groups is 1. The molecule has 166 valence electrons. The number of oxime groups is 1. The van der Waals surface area contributed by atoms with Gasteiger partial charge in [0, 0.05) is 34.9 Å². The van der Waals surface area contributed by atoms with Crippen molar-refractivity contribution in [1.29, 1.82) is 5.26 Å². The normalized spacial score (nSPS) is 19.8. The predicted octanol–water partition coefficient (Wildman–Crippen LogP) is 4.15. The molecule has 1 aromatic carbocycles. The summed E-state index contributed by atoms with van der Waals surface area (Å²) in [6.07, 6.45) is -3.86. The van der Waals surface area contributed by atoms with E-state index in [-0.39, 0.29) is 46.8 Å². The molecule has 32 heavy (non-hydrogen) atoms. The molecule has 0 saturated carbocycles. The van der Waals surface area contributed by atoms with Crippen molar-refractivity contribution < 1.29 is 22.8 Å². The molecule has 2 aromatic rings. The van der Waals surface area contributed by atoms with Gasteiger partial charge < -0.3 is 15.1 Å². The van der Waals surface area contributed by atoms with E-state index in [4.69, 9.17) is 33.3 Å². The van der Waals surface area contributed by atoms with Crippen LogP contribution in [-0.4, -0.2) is 34.3 Å². The van der Waals surface area contributed by atoms with Crippen molar-refractivity contribution >= 4 is 34.9 Å². The molecule has 3 heterocycles. The monoisotopic (exact) mass is 483 g/mol. The summed E-state index contributed by atoms with van der Waals surface area (Å²) < 4.78 is 42.5. The Morgan fingerprint density at radius 3 is 2.56 bits per heavy atom. The van der Waals surface area contributed by atoms with Crippen LogP contribution >= 0.6 is 23.2 Å². The summed E-state index contributed by atoms with van der Waals surface area (Å²) in [6.45, 7) is 0.322. The number of hydrogen-bond donors (Lipinski definition) is 1. The van der Waals surface area contributed by atoms with Crippen LogP contribution < -0.4 is 5.32 Å². The molecular formula is C20H14Cl2F3N5O2. The molecule has 7 nitrogen and oxygen atoms in total. The molecule has 0 spiro atoms. The van der Waals surface area contributed by atoms with Crippen LogP contribution in [0.15, 0.2) is 35.6 Å². The van der Waals surface area contributed by atoms with Gasteiger partial charge in [0.2, 0.25) is 0 Å². The number of fused-ring (bicyclic) bond motifs is 1. The summed E-state index contributed by atoms with van der Waals surface area (Å²) in [4.78, 5) is 22.7. The number of nitrogens with one attached hydrogen (secondary N) is 1. The van der Waals surface area contributed by atoms with Crippen LogP contribution in [0.2, 0.25) is 10.0 Å². The largest absolute Gasteiger partial charge is 0.435 e. The second-order valence-electron chi connectivity index (χ2n) is 7.29. The first kappa shape index (κ1) is 22.2. The van der Waals surface area contributed by atoms with E-state index in [0.29, 0.717) is 0 Å². The molecule has 1 N–H and O–H groups in total. The lowest BCUT2D eigenvalue weighted by Crippen LogP contribution is -2.43. The number of pyridine rings is 1. The maximum atomic E-state index is 14.2. The van der Waals surface area contributed by atoms with Crippen LogP contribution in [0.25, 0.3) is 0 Å². The van der Waals surface area contributed by atoms with Crippen molar-refractivity contribution in [3.63, 3.8) is 0 Å². The maximum Gasteiger partial charge on any atom is 0.435 e. The van der Waals surface area contributed by atoms with Crippen LogP contribution in [0.5, 0.6) is 0 Å². The zero-order chi connectivity index (χ0) is 23.1. The Balaban J connectivity index is 1.56. The van der Waals surface area contributed by atoms with E-state index < -0.39 is 24.1 Å². The van der Waals surface area contributed by atoms with Gasteiger partial charge in [0.05, 0.1) is 12.5 Å². The SMILES string of the molecule is N#CCNC(=O)c1cc2c(cn1)CN(C1=NOC(c3cc(Cl)cc(Cl)c3)(C(F)(F)F)C1)C2. The Hall–Kier alpha value is -3.03. The average Bonchev–Trinajstić information content (AvgIpc) is 3.35. The number of amidine groups is 1. The molecule has 4 rings (SSSR count). The van der Waals surface area contributed by atoms with Crippen LogP contribution in [0, 0.1) is 11.3 Å². The first-order chi connectivity index (χ1) is 15.1. The molecule has 1 atom stereocenters. The number of benzene rings is 1. The third-order valence-corrected chi connectivity index (χ3v) is 5.67. The molecule has 2 aliphatic heterocycles. The first-order valence-corrected chi connectivity index (χ1v) is 10.0. The van der Waals surface area contributed by atoms with Crippen molar-refractivity contribution in [1.82, 2.24) is 15.2 Å². The topological polar surface area (TPSA) is 90.6 Å². The van der Waals surface area contributed by atoms with Gasteiger partial charge in [0.25, 0.3) is 11.5 Å². The number of halogens is 5. The molecule has 12 heteroatoms. The first-order valence-electron chi connectivity index (χ1n) is 9.29. The van der Waals surface area contributed by atoms with E-state index in [1.807, 2.05) is 0 Å². The molecule has 1 unspecified atom stereocenters. The number of nitrogens with zero attached hydrogens (tertiary/aromatic N) is 4. The predicted molar refractivity (Wildman–Crippen MR) is 109 cm³/mol. The van der Waals surface area contributed by atoms with Crippen molar-refractivity contribution in [3.05, 3.63) is 62.9 Å². The fourth-order valence-corrected chi connectivity index (χ4v) is 4.17. The minimum absolute atomic E-state index is 0.0510. The Morgan fingerprint density at radius 1 is 1.22 bits per heavy atom. The summed E-state index contributed by atoms with van der Waals surface area (Å²) in [7, 11) is 0. The molecular weight excluding hydrogens is 470 g/mol. The quantitative estimate of drug-likeness (QED) is 0.662. The third-order valence-electron chi connectivity index (χ3n) is 5.23. The van der Waals surface area contributed by atoms with Crippen molar-refractivity contribution in [2.75, 3.05) is 6.54 Å². The minimum Gasteiger partial charge on any atom is -0.372 e. The van der Waals surface area contributed by atoms with Crippen molar-refractivity contribution in [3.8, 4) is 6.07 Å². The highest BCUT2D eigenvalue weighted by Crippen LogP contribution is 2.49. The molecule has 0 fully saturated rings. The van der Waals surface area contributed by atoms with E-state index in [0.717, 1.165) is 23.3 Å². The number of hydrogen-bond acceptors (Lipinski definition) is 6. The van der Waals surface area contributed by atoms with Crippen LogP contribution in [0.4, 0.5) is 13.2 Å². The molecule has 1 amide bonds. The van der Waals surface area contributed by atoms with Gasteiger partial charge in [-0.15, -0.1) is 0 Å². The van der Waals surface area contributed by atoms with Gasteiger partial charge in [-0.1, -0.05) is 28.4 Å². The van der Waals surface area contributed by atoms with Crippen LogP contribution in [0.3, 0.4) is 0 Å². The lowest BCUT2D eigenvalue weighted by Gasteiger charge is -2.30. The second-order valence-corrected chi connectivity index (χ2v) is 8.17. The number of amides is 1. The molecule has 0 saturated heterocycles. The van der Waals surface area contributed by atoms with Crippen LogP contribution in [0.1, 0.15) is 33.6 Å². The van der Waals surface area contributed by atoms with Gasteiger partial charge in [-0.05, 0) is 35.4 Å². The second kappa shape index (κ2) is 8.15. The van der Waals surface area contributed by atoms with E-state index in [1.165, 1.54) is 12.3 Å². The Kier molecular flexibility index (Phi) is 5.65. The Morgan fingerprint density at radius 2 is 1.91 bits per heavy atom. The highest BCUT2D eigenvalue weighted by Gasteiger charge is 2.63. The van der Waals surface area contributed by atoms with Gasteiger partial charge in [-0.3, -0.25) is 9.78 Å². The standard InChI is InChI=1S/C20H14Cl2F3N5O2/c21-14-4-13(5-15(22)6-14)19(20(23,24)25)7-17(29-32-19)30-9-11-3-16(18(31)27-2-1-26)28-8-12(11)10-30/h3-6,8H,2,7,9-10H2,(H,27,31). The molecule has 0 radical (unpaired) electrons. The summed E-state index contributed by atoms with van der Waals surface area (Å²) >= 11 is 11.8. The number of aromatic nitrogens is 1. The van der Waals surface area contributed by atoms with E-state index in [2.05, 4.69) is 15.5 Å². The van der Waals surface area contributed by atoms with Gasteiger partial charge in [-0.2, -0.15) is 18.4 Å². The fourth-order valence-electron chi connectivity index (χ4n) is 3.64. The average molecular weight is 484 g/mol. The lowest BCUT2D eigenvalue weighted by molar-refractivity contribution is -0.275. The van der Waals surface area contributed by atoms with Crippen LogP contribution in [-0.2, 0) is 23.5 Å². The summed E-state index contributed by atoms with van der Waals surface area (Å²) in [6, 6.07) is 7.00. The van der Waals surface area contributed by atoms with Gasteiger partial charge in [0.1, 0.15) is 18.1 Å². The van der Waals surface area contributed by atoms with Gasteiger partial charge in [0.15, 0.2) is 0 Å². The zero-order valence-electron chi connectivity index (χ0n) is 16.2. The highest BCUT2D eigenvalue weighted by atomic mass is 35.5. The van der Waals surface area contributed by atoms with E-state index >= 15 is 0 Å². The van der Waals surface area contributed by atoms with Gasteiger partial charge >= 0.3 is 6.18 Å². The Labute approximate surface area is 190 Å². The molecule has 0 aliphatic carbocycles. The maximum absolute atomic E-state index is 14.2. The number of carbonyl (C=O) groups excluding carboxylic acids is 1. The number of nitriles is 1. The molecule has 1 aromatic heterocycles. The van der Waals surface area contributed by atoms with Crippen molar-refractivity contribution in [2.45, 2.75) is 31.3 Å². The Bertz CT molecular complexity index is 1140. The van der Waals surface area contributed by atoms with Crippen molar-refractivity contribution in [2.24, 2.45) is 5.16 Å². The number of rotatable bonds is 3. The van der Waals surface area contributed by atoms with E-state index in [1.54, 1.807) is 17.0 Å².